The van der Waals surface area contributed by atoms with Gasteiger partial charge >= 0.3 is 5.69 Å². The summed E-state index contributed by atoms with van der Waals surface area (Å²) in [6, 6.07) is 12.2. The number of fused-ring (bicyclic) bond motifs is 1. The number of aryl methyl sites for hydroxylation is 1. The van der Waals surface area contributed by atoms with Crippen LogP contribution < -0.4 is 22.0 Å². The van der Waals surface area contributed by atoms with Gasteiger partial charge in [0.15, 0.2) is 0 Å². The molecule has 32 heavy (non-hydrogen) atoms. The van der Waals surface area contributed by atoms with Crippen LogP contribution in [0, 0.1) is 0 Å². The molecule has 1 aliphatic heterocycles. The Bertz CT molecular complexity index is 1390. The highest BCUT2D eigenvalue weighted by Crippen LogP contribution is 2.14. The first kappa shape index (κ1) is 21.6. The largest absolute Gasteiger partial charge is 0.348 e. The number of amides is 1. The molecule has 4 rings (SSSR count). The summed E-state index contributed by atoms with van der Waals surface area (Å²) >= 11 is 3.41. The third-order valence-electron chi connectivity index (χ3n) is 5.26. The van der Waals surface area contributed by atoms with Crippen LogP contribution in [0.3, 0.4) is 0 Å². The van der Waals surface area contributed by atoms with Crippen molar-refractivity contribution in [2.24, 2.45) is 7.05 Å². The van der Waals surface area contributed by atoms with Crippen molar-refractivity contribution in [3.63, 3.8) is 0 Å². The smallest absolute Gasteiger partial charge is 0.331 e. The summed E-state index contributed by atoms with van der Waals surface area (Å²) in [5.74, 6) is -0.299. The van der Waals surface area contributed by atoms with Crippen LogP contribution in [0.5, 0.6) is 0 Å². The summed E-state index contributed by atoms with van der Waals surface area (Å²) < 4.78 is 3.48. The van der Waals surface area contributed by atoms with Crippen LogP contribution >= 0.6 is 15.9 Å². The zero-order valence-electron chi connectivity index (χ0n) is 17.6. The molecule has 8 nitrogen and oxygen atoms in total. The van der Waals surface area contributed by atoms with Gasteiger partial charge in [0.05, 0.1) is 17.4 Å². The minimum Gasteiger partial charge on any atom is -0.348 e. The molecular weight excluding hydrogens is 474 g/mol. The number of nitrogens with one attached hydrogen (secondary N) is 2. The van der Waals surface area contributed by atoms with Gasteiger partial charge in [0.2, 0.25) is 0 Å². The van der Waals surface area contributed by atoms with E-state index in [0.29, 0.717) is 23.0 Å². The van der Waals surface area contributed by atoms with Crippen molar-refractivity contribution < 1.29 is 4.79 Å². The van der Waals surface area contributed by atoms with Crippen molar-refractivity contribution in [2.75, 3.05) is 13.6 Å². The molecule has 9 heteroatoms. The predicted molar refractivity (Wildman–Crippen MR) is 127 cm³/mol. The number of halogens is 1. The van der Waals surface area contributed by atoms with E-state index < -0.39 is 11.2 Å². The van der Waals surface area contributed by atoms with Gasteiger partial charge in [-0.15, -0.1) is 0 Å². The average Bonchev–Trinajstić information content (AvgIpc) is 2.79. The van der Waals surface area contributed by atoms with Crippen LogP contribution in [-0.4, -0.2) is 33.6 Å². The fourth-order valence-corrected chi connectivity index (χ4v) is 3.94. The molecule has 1 amide bonds. The molecular formula is C23H22BrN5O3. The number of hydrogen-bond acceptors (Lipinski definition) is 5. The molecule has 0 aliphatic carbocycles. The number of carbonyl (C=O) groups excluding carboxylic acids is 1. The Hall–Kier alpha value is -3.59. The summed E-state index contributed by atoms with van der Waals surface area (Å²) in [5.41, 5.74) is 4.75. The molecule has 0 bridgehead atoms. The zero-order valence-corrected chi connectivity index (χ0v) is 19.2. The lowest BCUT2D eigenvalue weighted by molar-refractivity contribution is 0.0957. The van der Waals surface area contributed by atoms with Gasteiger partial charge in [0.25, 0.3) is 11.5 Å². The predicted octanol–water partition coefficient (Wildman–Crippen LogP) is 2.09. The van der Waals surface area contributed by atoms with E-state index in [0.717, 1.165) is 15.6 Å². The topological polar surface area (TPSA) is 88.4 Å². The van der Waals surface area contributed by atoms with Crippen molar-refractivity contribution in [3.05, 3.63) is 103 Å². The van der Waals surface area contributed by atoms with Gasteiger partial charge in [-0.1, -0.05) is 28.1 Å². The Morgan fingerprint density at radius 1 is 1.12 bits per heavy atom. The van der Waals surface area contributed by atoms with E-state index >= 15 is 0 Å². The molecule has 0 atom stereocenters. The SMILES string of the molecule is CN1C=CC(CNC(=O)c2ccc3c(c2)c(=O)n(Cc2cccc(Br)c2)c(=O)n3C)=CN1. The summed E-state index contributed by atoms with van der Waals surface area (Å²) in [6.45, 7) is 0.480. The van der Waals surface area contributed by atoms with Gasteiger partial charge < -0.3 is 10.7 Å². The van der Waals surface area contributed by atoms with Crippen molar-refractivity contribution in [2.45, 2.75) is 6.54 Å². The Labute approximate surface area is 192 Å². The lowest BCUT2D eigenvalue weighted by Crippen LogP contribution is -2.39. The van der Waals surface area contributed by atoms with Crippen LogP contribution in [0.15, 0.2) is 80.6 Å². The molecule has 2 aromatic carbocycles. The molecule has 0 saturated heterocycles. The third kappa shape index (κ3) is 4.38. The number of hydrazine groups is 1. The van der Waals surface area contributed by atoms with Gasteiger partial charge in [-0.3, -0.25) is 23.7 Å². The molecule has 0 radical (unpaired) electrons. The summed E-state index contributed by atoms with van der Waals surface area (Å²) in [4.78, 5) is 38.7. The Morgan fingerprint density at radius 3 is 2.66 bits per heavy atom. The zero-order chi connectivity index (χ0) is 22.8. The Balaban J connectivity index is 1.65. The lowest BCUT2D eigenvalue weighted by atomic mass is 10.1. The summed E-state index contributed by atoms with van der Waals surface area (Å²) in [7, 11) is 3.49. The number of hydrogen-bond donors (Lipinski definition) is 2. The first-order chi connectivity index (χ1) is 15.3. The molecule has 0 saturated carbocycles. The fourth-order valence-electron chi connectivity index (χ4n) is 3.49. The first-order valence-corrected chi connectivity index (χ1v) is 10.8. The maximum Gasteiger partial charge on any atom is 0.331 e. The van der Waals surface area contributed by atoms with Crippen molar-refractivity contribution in [1.82, 2.24) is 24.9 Å². The maximum absolute atomic E-state index is 13.2. The van der Waals surface area contributed by atoms with Gasteiger partial charge in [-0.2, -0.15) is 0 Å². The van der Waals surface area contributed by atoms with Crippen LogP contribution in [0.2, 0.25) is 0 Å². The number of rotatable bonds is 5. The van der Waals surface area contributed by atoms with E-state index in [1.165, 1.54) is 9.13 Å². The number of carbonyl (C=O) groups is 1. The van der Waals surface area contributed by atoms with Crippen molar-refractivity contribution >= 4 is 32.7 Å². The van der Waals surface area contributed by atoms with E-state index in [4.69, 9.17) is 0 Å². The molecule has 164 valence electrons. The number of benzene rings is 2. The minimum atomic E-state index is -0.428. The average molecular weight is 496 g/mol. The van der Waals surface area contributed by atoms with Crippen molar-refractivity contribution in [1.29, 1.82) is 0 Å². The van der Waals surface area contributed by atoms with Gasteiger partial charge in [0, 0.05) is 43.1 Å². The quantitative estimate of drug-likeness (QED) is 0.565. The number of nitrogens with zero attached hydrogens (tertiary/aromatic N) is 3. The molecule has 0 spiro atoms. The van der Waals surface area contributed by atoms with E-state index in [9.17, 15) is 14.4 Å². The molecule has 1 aromatic heterocycles. The van der Waals surface area contributed by atoms with Gasteiger partial charge in [0.1, 0.15) is 0 Å². The second kappa shape index (κ2) is 8.88. The van der Waals surface area contributed by atoms with E-state index in [1.807, 2.05) is 43.6 Å². The normalized spacial score (nSPS) is 13.1. The lowest BCUT2D eigenvalue weighted by Gasteiger charge is -2.19. The molecule has 1 aliphatic rings. The first-order valence-electron chi connectivity index (χ1n) is 9.96. The van der Waals surface area contributed by atoms with Crippen LogP contribution in [0.1, 0.15) is 15.9 Å². The second-order valence-corrected chi connectivity index (χ2v) is 8.47. The Morgan fingerprint density at radius 2 is 1.94 bits per heavy atom. The van der Waals surface area contributed by atoms with Crippen LogP contribution in [-0.2, 0) is 13.6 Å². The Kier molecular flexibility index (Phi) is 6.00. The van der Waals surface area contributed by atoms with Gasteiger partial charge in [-0.05, 0) is 47.5 Å². The molecule has 3 aromatic rings. The maximum atomic E-state index is 13.2. The van der Waals surface area contributed by atoms with E-state index in [1.54, 1.807) is 36.5 Å². The minimum absolute atomic E-state index is 0.138. The third-order valence-corrected chi connectivity index (χ3v) is 5.76. The van der Waals surface area contributed by atoms with Crippen LogP contribution in [0.25, 0.3) is 10.9 Å². The fraction of sp³-hybridized carbons (Fsp3) is 0.174. The molecule has 2 N–H and O–H groups in total. The standard InChI is InChI=1S/C23H22BrN5O3/c1-27-9-8-16(13-26-27)12-25-21(30)17-6-7-20-19(11-17)22(31)29(23(32)28(20)2)14-15-4-3-5-18(24)10-15/h3-11,13,26H,12,14H2,1-2H3,(H,25,30). The summed E-state index contributed by atoms with van der Waals surface area (Å²) in [6.07, 6.45) is 5.55. The monoisotopic (exact) mass is 495 g/mol. The van der Waals surface area contributed by atoms with E-state index in [2.05, 4.69) is 26.7 Å². The molecule has 0 unspecified atom stereocenters. The summed E-state index contributed by atoms with van der Waals surface area (Å²) in [5, 5.41) is 4.96. The van der Waals surface area contributed by atoms with Gasteiger partial charge in [-0.25, -0.2) is 4.79 Å². The highest BCUT2D eigenvalue weighted by Gasteiger charge is 2.15. The van der Waals surface area contributed by atoms with E-state index in [-0.39, 0.29) is 12.5 Å². The van der Waals surface area contributed by atoms with Crippen LogP contribution in [0.4, 0.5) is 0 Å². The highest BCUT2D eigenvalue weighted by molar-refractivity contribution is 9.10. The molecule has 2 heterocycles. The second-order valence-electron chi connectivity index (χ2n) is 7.55. The molecule has 0 fully saturated rings. The number of aromatic nitrogens is 2. The van der Waals surface area contributed by atoms with Crippen molar-refractivity contribution in [3.8, 4) is 0 Å². The highest BCUT2D eigenvalue weighted by atomic mass is 79.9.